The second-order valence-electron chi connectivity index (χ2n) is 4.88. The maximum Gasteiger partial charge on any atom is 0.227 e. The van der Waals surface area contributed by atoms with Gasteiger partial charge in [0, 0.05) is 13.1 Å². The van der Waals surface area contributed by atoms with Crippen LogP contribution in [0.5, 0.6) is 0 Å². The lowest BCUT2D eigenvalue weighted by Gasteiger charge is -2.32. The summed E-state index contributed by atoms with van der Waals surface area (Å²) in [7, 11) is 0. The Balaban J connectivity index is 1.64. The van der Waals surface area contributed by atoms with Gasteiger partial charge in [0.15, 0.2) is 0 Å². The van der Waals surface area contributed by atoms with E-state index in [-0.39, 0.29) is 5.92 Å². The van der Waals surface area contributed by atoms with Gasteiger partial charge in [-0.1, -0.05) is 0 Å². The first-order valence-electron chi connectivity index (χ1n) is 5.97. The van der Waals surface area contributed by atoms with Gasteiger partial charge >= 0.3 is 0 Å². The molecule has 3 heterocycles. The molecule has 0 aromatic rings. The van der Waals surface area contributed by atoms with Crippen LogP contribution in [0.1, 0.15) is 19.3 Å². The molecule has 2 bridgehead atoms. The quantitative estimate of drug-likeness (QED) is 0.661. The van der Waals surface area contributed by atoms with Crippen molar-refractivity contribution in [3.05, 3.63) is 0 Å². The van der Waals surface area contributed by atoms with Crippen molar-refractivity contribution in [2.45, 2.75) is 31.4 Å². The normalized spacial score (nSPS) is 39.7. The van der Waals surface area contributed by atoms with Gasteiger partial charge in [0.25, 0.3) is 0 Å². The minimum atomic E-state index is 0.220. The summed E-state index contributed by atoms with van der Waals surface area (Å²) >= 11 is 0. The molecule has 4 heteroatoms. The molecule has 3 aliphatic rings. The van der Waals surface area contributed by atoms with Gasteiger partial charge in [0.2, 0.25) is 5.91 Å². The molecule has 1 N–H and O–H groups in total. The van der Waals surface area contributed by atoms with E-state index in [1.807, 2.05) is 0 Å². The number of hydrogen-bond donors (Lipinski definition) is 1. The van der Waals surface area contributed by atoms with Crippen molar-refractivity contribution in [1.29, 1.82) is 0 Å². The molecule has 15 heavy (non-hydrogen) atoms. The van der Waals surface area contributed by atoms with Crippen molar-refractivity contribution in [1.82, 2.24) is 10.2 Å². The number of morpholine rings is 1. The molecule has 0 saturated carbocycles. The van der Waals surface area contributed by atoms with Gasteiger partial charge in [-0.25, -0.2) is 0 Å². The van der Waals surface area contributed by atoms with Gasteiger partial charge in [-0.05, 0) is 25.8 Å². The number of rotatable bonds is 1. The molecule has 3 saturated heterocycles. The molecule has 0 aliphatic carbocycles. The Labute approximate surface area is 90.0 Å². The fourth-order valence-electron chi connectivity index (χ4n) is 2.97. The molecule has 0 radical (unpaired) electrons. The first-order chi connectivity index (χ1) is 7.34. The van der Waals surface area contributed by atoms with Crippen LogP contribution in [-0.4, -0.2) is 49.2 Å². The minimum Gasteiger partial charge on any atom is -0.374 e. The number of likely N-dealkylation sites (tertiary alicyclic amines) is 1. The number of carbonyl (C=O) groups is 1. The van der Waals surface area contributed by atoms with E-state index < -0.39 is 0 Å². The monoisotopic (exact) mass is 210 g/mol. The van der Waals surface area contributed by atoms with Crippen LogP contribution in [0.25, 0.3) is 0 Å². The summed E-state index contributed by atoms with van der Waals surface area (Å²) in [6.07, 6.45) is 3.58. The van der Waals surface area contributed by atoms with Gasteiger partial charge in [0.05, 0.1) is 24.7 Å². The number of hydrogen-bond acceptors (Lipinski definition) is 3. The van der Waals surface area contributed by atoms with Crippen LogP contribution in [0.4, 0.5) is 0 Å². The molecule has 3 unspecified atom stereocenters. The molecule has 0 spiro atoms. The van der Waals surface area contributed by atoms with Crippen molar-refractivity contribution < 1.29 is 9.53 Å². The number of piperidine rings is 1. The first kappa shape index (κ1) is 9.60. The average Bonchev–Trinajstić information content (AvgIpc) is 2.91. The van der Waals surface area contributed by atoms with Crippen molar-refractivity contribution in [3.63, 3.8) is 0 Å². The third-order valence-corrected chi connectivity index (χ3v) is 3.83. The number of ether oxygens (including phenoxy) is 1. The Bertz CT molecular complexity index is 263. The molecular formula is C11H18N2O2. The van der Waals surface area contributed by atoms with Crippen molar-refractivity contribution >= 4 is 5.91 Å². The van der Waals surface area contributed by atoms with Gasteiger partial charge in [0.1, 0.15) is 0 Å². The number of carbonyl (C=O) groups excluding carboxylic acids is 1. The Morgan fingerprint density at radius 3 is 3.00 bits per heavy atom. The van der Waals surface area contributed by atoms with Crippen LogP contribution >= 0.6 is 0 Å². The highest BCUT2D eigenvalue weighted by molar-refractivity contribution is 5.80. The van der Waals surface area contributed by atoms with Crippen LogP contribution in [0.3, 0.4) is 0 Å². The van der Waals surface area contributed by atoms with Crippen LogP contribution in [0, 0.1) is 5.92 Å². The van der Waals surface area contributed by atoms with E-state index in [0.717, 1.165) is 45.5 Å². The van der Waals surface area contributed by atoms with Crippen LogP contribution in [-0.2, 0) is 9.53 Å². The highest BCUT2D eigenvalue weighted by Crippen LogP contribution is 2.29. The fourth-order valence-corrected chi connectivity index (χ4v) is 2.97. The van der Waals surface area contributed by atoms with E-state index in [2.05, 4.69) is 10.2 Å². The van der Waals surface area contributed by atoms with Crippen LogP contribution in [0.15, 0.2) is 0 Å². The zero-order valence-corrected chi connectivity index (χ0v) is 8.95. The molecule has 3 fully saturated rings. The Hall–Kier alpha value is -0.610. The average molecular weight is 210 g/mol. The zero-order chi connectivity index (χ0) is 10.3. The molecular weight excluding hydrogens is 192 g/mol. The van der Waals surface area contributed by atoms with Crippen LogP contribution in [0.2, 0.25) is 0 Å². The smallest absolute Gasteiger partial charge is 0.227 e. The lowest BCUT2D eigenvalue weighted by atomic mass is 9.98. The van der Waals surface area contributed by atoms with E-state index >= 15 is 0 Å². The standard InChI is InChI=1S/C11H18N2O2/c14-11(8-2-1-3-12-5-8)13-6-10-4-9(13)7-15-10/h8-10,12H,1-7H2. The number of fused-ring (bicyclic) bond motifs is 2. The summed E-state index contributed by atoms with van der Waals surface area (Å²) in [5.41, 5.74) is 0. The summed E-state index contributed by atoms with van der Waals surface area (Å²) < 4.78 is 5.51. The number of amides is 1. The predicted octanol–water partition coefficient (Wildman–Crippen LogP) is -0.0143. The molecule has 4 nitrogen and oxygen atoms in total. The third-order valence-electron chi connectivity index (χ3n) is 3.83. The van der Waals surface area contributed by atoms with Crippen molar-refractivity contribution in [3.8, 4) is 0 Å². The van der Waals surface area contributed by atoms with Crippen molar-refractivity contribution in [2.24, 2.45) is 5.92 Å². The number of nitrogens with one attached hydrogen (secondary N) is 1. The van der Waals surface area contributed by atoms with E-state index in [4.69, 9.17) is 4.74 Å². The summed E-state index contributed by atoms with van der Waals surface area (Å²) in [6.45, 7) is 3.53. The van der Waals surface area contributed by atoms with E-state index in [0.29, 0.717) is 18.1 Å². The molecule has 0 aromatic carbocycles. The molecule has 1 amide bonds. The maximum atomic E-state index is 12.2. The maximum absolute atomic E-state index is 12.2. The summed E-state index contributed by atoms with van der Waals surface area (Å²) in [6, 6.07) is 0.379. The zero-order valence-electron chi connectivity index (χ0n) is 8.95. The SMILES string of the molecule is O=C(C1CCCNC1)N1CC2CC1CO2. The van der Waals surface area contributed by atoms with Crippen molar-refractivity contribution in [2.75, 3.05) is 26.2 Å². The van der Waals surface area contributed by atoms with E-state index in [9.17, 15) is 4.79 Å². The van der Waals surface area contributed by atoms with E-state index in [1.165, 1.54) is 0 Å². The Morgan fingerprint density at radius 2 is 2.40 bits per heavy atom. The van der Waals surface area contributed by atoms with Gasteiger partial charge in [-0.3, -0.25) is 4.79 Å². The topological polar surface area (TPSA) is 41.6 Å². The van der Waals surface area contributed by atoms with Gasteiger partial charge < -0.3 is 15.0 Å². The largest absolute Gasteiger partial charge is 0.374 e. The lowest BCUT2D eigenvalue weighted by molar-refractivity contribution is -0.140. The molecule has 3 rings (SSSR count). The van der Waals surface area contributed by atoms with E-state index in [1.54, 1.807) is 0 Å². The minimum absolute atomic E-state index is 0.220. The summed E-state index contributed by atoms with van der Waals surface area (Å²) in [4.78, 5) is 14.3. The third kappa shape index (κ3) is 1.66. The second-order valence-corrected chi connectivity index (χ2v) is 4.88. The first-order valence-corrected chi connectivity index (χ1v) is 5.97. The molecule has 3 atom stereocenters. The predicted molar refractivity (Wildman–Crippen MR) is 55.5 cm³/mol. The molecule has 84 valence electrons. The number of nitrogens with zero attached hydrogens (tertiary/aromatic N) is 1. The summed E-state index contributed by atoms with van der Waals surface area (Å²) in [5, 5.41) is 3.30. The fraction of sp³-hybridized carbons (Fsp3) is 0.909. The molecule has 0 aromatic heterocycles. The highest BCUT2D eigenvalue weighted by Gasteiger charge is 2.43. The Kier molecular flexibility index (Phi) is 2.41. The lowest BCUT2D eigenvalue weighted by Crippen LogP contribution is -2.48. The highest BCUT2D eigenvalue weighted by atomic mass is 16.5. The summed E-state index contributed by atoms with van der Waals surface area (Å²) in [5.74, 6) is 0.580. The van der Waals surface area contributed by atoms with Crippen LogP contribution < -0.4 is 5.32 Å². The van der Waals surface area contributed by atoms with Gasteiger partial charge in [-0.2, -0.15) is 0 Å². The molecule has 3 aliphatic heterocycles. The Morgan fingerprint density at radius 1 is 1.47 bits per heavy atom. The second kappa shape index (κ2) is 3.76. The van der Waals surface area contributed by atoms with Gasteiger partial charge in [-0.15, -0.1) is 0 Å².